The molecule has 72 valence electrons. The van der Waals surface area contributed by atoms with E-state index in [4.69, 9.17) is 0 Å². The zero-order valence-corrected chi connectivity index (χ0v) is 8.50. The van der Waals surface area contributed by atoms with Gasteiger partial charge in [-0.2, -0.15) is 0 Å². The maximum atomic E-state index is 11.3. The van der Waals surface area contributed by atoms with E-state index in [1.807, 2.05) is 37.5 Å². The number of aromatic nitrogens is 1. The summed E-state index contributed by atoms with van der Waals surface area (Å²) in [7, 11) is 1.41. The minimum atomic E-state index is -0.236. The third-order valence-electron chi connectivity index (χ3n) is 2.26. The number of rotatable bonds is 2. The van der Waals surface area contributed by atoms with E-state index >= 15 is 0 Å². The van der Waals surface area contributed by atoms with Gasteiger partial charge in [0.1, 0.15) is 6.04 Å². The van der Waals surface area contributed by atoms with Crippen LogP contribution in [0.2, 0.25) is 0 Å². The zero-order valence-electron chi connectivity index (χ0n) is 8.50. The van der Waals surface area contributed by atoms with Crippen LogP contribution in [0, 0.1) is 13.8 Å². The molecule has 1 rings (SSSR count). The molecule has 1 unspecified atom stereocenters. The molecular formula is C10H15NO2. The molecule has 1 aromatic rings. The lowest BCUT2D eigenvalue weighted by molar-refractivity contribution is -0.144. The van der Waals surface area contributed by atoms with Gasteiger partial charge >= 0.3 is 5.97 Å². The van der Waals surface area contributed by atoms with Gasteiger partial charge in [0, 0.05) is 11.4 Å². The monoisotopic (exact) mass is 181 g/mol. The molecule has 1 aromatic heterocycles. The second-order valence-corrected chi connectivity index (χ2v) is 3.19. The number of ether oxygens (including phenoxy) is 1. The van der Waals surface area contributed by atoms with Gasteiger partial charge in [-0.15, -0.1) is 0 Å². The first-order valence-electron chi connectivity index (χ1n) is 4.30. The van der Waals surface area contributed by atoms with E-state index in [0.29, 0.717) is 0 Å². The maximum absolute atomic E-state index is 11.3. The van der Waals surface area contributed by atoms with E-state index in [1.54, 1.807) is 0 Å². The van der Waals surface area contributed by atoms with E-state index in [-0.39, 0.29) is 12.0 Å². The number of esters is 1. The van der Waals surface area contributed by atoms with Crippen LogP contribution in [0.15, 0.2) is 12.1 Å². The lowest BCUT2D eigenvalue weighted by Crippen LogP contribution is -2.19. The van der Waals surface area contributed by atoms with Gasteiger partial charge in [-0.3, -0.25) is 0 Å². The summed E-state index contributed by atoms with van der Waals surface area (Å²) in [5, 5.41) is 0. The van der Waals surface area contributed by atoms with Crippen LogP contribution in [0.3, 0.4) is 0 Å². The Kier molecular flexibility index (Phi) is 2.76. The lowest BCUT2D eigenvalue weighted by atomic mass is 10.3. The second-order valence-electron chi connectivity index (χ2n) is 3.19. The first kappa shape index (κ1) is 9.84. The van der Waals surface area contributed by atoms with E-state index in [9.17, 15) is 4.79 Å². The van der Waals surface area contributed by atoms with Crippen LogP contribution in [0.1, 0.15) is 24.4 Å². The van der Waals surface area contributed by atoms with Crippen molar-refractivity contribution in [2.45, 2.75) is 26.8 Å². The smallest absolute Gasteiger partial charge is 0.328 e. The van der Waals surface area contributed by atoms with Crippen molar-refractivity contribution < 1.29 is 9.53 Å². The number of nitrogens with zero attached hydrogens (tertiary/aromatic N) is 1. The molecule has 0 aliphatic rings. The van der Waals surface area contributed by atoms with Crippen molar-refractivity contribution in [2.75, 3.05) is 7.11 Å². The Bertz CT molecular complexity index is 295. The molecule has 0 saturated heterocycles. The van der Waals surface area contributed by atoms with Gasteiger partial charge in [-0.05, 0) is 32.9 Å². The van der Waals surface area contributed by atoms with Crippen molar-refractivity contribution in [1.29, 1.82) is 0 Å². The molecule has 0 aromatic carbocycles. The molecule has 0 radical (unpaired) electrons. The Balaban J connectivity index is 3.00. The fourth-order valence-corrected chi connectivity index (χ4v) is 1.57. The van der Waals surface area contributed by atoms with E-state index < -0.39 is 0 Å². The Morgan fingerprint density at radius 1 is 1.38 bits per heavy atom. The van der Waals surface area contributed by atoms with E-state index in [0.717, 1.165) is 11.4 Å². The normalized spacial score (nSPS) is 12.6. The topological polar surface area (TPSA) is 31.2 Å². The van der Waals surface area contributed by atoms with Crippen LogP contribution < -0.4 is 0 Å². The van der Waals surface area contributed by atoms with Crippen molar-refractivity contribution in [3.05, 3.63) is 23.5 Å². The van der Waals surface area contributed by atoms with Gasteiger partial charge in [0.25, 0.3) is 0 Å². The molecule has 0 aliphatic heterocycles. The SMILES string of the molecule is COC(=O)C(C)n1c(C)ccc1C. The average molecular weight is 181 g/mol. The third kappa shape index (κ3) is 1.74. The lowest BCUT2D eigenvalue weighted by Gasteiger charge is -2.15. The number of carbonyl (C=O) groups is 1. The minimum Gasteiger partial charge on any atom is -0.467 e. The third-order valence-corrected chi connectivity index (χ3v) is 2.26. The standard InChI is InChI=1S/C10H15NO2/c1-7-5-6-8(2)11(7)9(3)10(12)13-4/h5-6,9H,1-4H3. The first-order chi connectivity index (χ1) is 6.07. The van der Waals surface area contributed by atoms with Crippen LogP contribution in [0.25, 0.3) is 0 Å². The van der Waals surface area contributed by atoms with Gasteiger partial charge in [0.05, 0.1) is 7.11 Å². The molecule has 0 saturated carbocycles. The highest BCUT2D eigenvalue weighted by Gasteiger charge is 2.17. The molecule has 0 spiro atoms. The van der Waals surface area contributed by atoms with Gasteiger partial charge < -0.3 is 9.30 Å². The highest BCUT2D eigenvalue weighted by atomic mass is 16.5. The van der Waals surface area contributed by atoms with Gasteiger partial charge in [0.15, 0.2) is 0 Å². The Hall–Kier alpha value is -1.25. The van der Waals surface area contributed by atoms with Gasteiger partial charge in [-0.25, -0.2) is 4.79 Å². The van der Waals surface area contributed by atoms with Crippen molar-refractivity contribution in [3.8, 4) is 0 Å². The average Bonchev–Trinajstić information content (AvgIpc) is 2.44. The van der Waals surface area contributed by atoms with Crippen LogP contribution in [-0.2, 0) is 9.53 Å². The van der Waals surface area contributed by atoms with Crippen LogP contribution in [0.4, 0.5) is 0 Å². The molecular weight excluding hydrogens is 166 g/mol. The summed E-state index contributed by atoms with van der Waals surface area (Å²) in [6, 6.07) is 3.75. The summed E-state index contributed by atoms with van der Waals surface area (Å²) in [6.45, 7) is 5.80. The predicted molar refractivity (Wildman–Crippen MR) is 50.6 cm³/mol. The number of aryl methyl sites for hydroxylation is 2. The summed E-state index contributed by atoms with van der Waals surface area (Å²) in [6.07, 6.45) is 0. The van der Waals surface area contributed by atoms with Crippen molar-refractivity contribution in [2.24, 2.45) is 0 Å². The van der Waals surface area contributed by atoms with Crippen molar-refractivity contribution in [1.82, 2.24) is 4.57 Å². The minimum absolute atomic E-state index is 0.206. The Morgan fingerprint density at radius 2 is 1.85 bits per heavy atom. The molecule has 0 amide bonds. The van der Waals surface area contributed by atoms with Crippen molar-refractivity contribution >= 4 is 5.97 Å². The molecule has 0 bridgehead atoms. The van der Waals surface area contributed by atoms with Crippen LogP contribution in [-0.4, -0.2) is 17.6 Å². The summed E-state index contributed by atoms with van der Waals surface area (Å²) in [4.78, 5) is 11.3. The van der Waals surface area contributed by atoms with Crippen molar-refractivity contribution in [3.63, 3.8) is 0 Å². The fraction of sp³-hybridized carbons (Fsp3) is 0.500. The van der Waals surface area contributed by atoms with E-state index in [2.05, 4.69) is 4.74 Å². The number of methoxy groups -OCH3 is 1. The zero-order chi connectivity index (χ0) is 10.0. The van der Waals surface area contributed by atoms with Crippen LogP contribution in [0.5, 0.6) is 0 Å². The molecule has 3 heteroatoms. The molecule has 1 atom stereocenters. The molecule has 0 aliphatic carbocycles. The van der Waals surface area contributed by atoms with Gasteiger partial charge in [0.2, 0.25) is 0 Å². The Labute approximate surface area is 78.3 Å². The molecule has 0 N–H and O–H groups in total. The number of carbonyl (C=O) groups excluding carboxylic acids is 1. The molecule has 0 fully saturated rings. The molecule has 13 heavy (non-hydrogen) atoms. The summed E-state index contributed by atoms with van der Waals surface area (Å²) < 4.78 is 6.65. The summed E-state index contributed by atoms with van der Waals surface area (Å²) >= 11 is 0. The number of hydrogen-bond acceptors (Lipinski definition) is 2. The van der Waals surface area contributed by atoms with Gasteiger partial charge in [-0.1, -0.05) is 0 Å². The maximum Gasteiger partial charge on any atom is 0.328 e. The molecule has 3 nitrogen and oxygen atoms in total. The quantitative estimate of drug-likeness (QED) is 0.652. The predicted octanol–water partition coefficient (Wildman–Crippen LogP) is 1.84. The van der Waals surface area contributed by atoms with E-state index in [1.165, 1.54) is 7.11 Å². The summed E-state index contributed by atoms with van der Waals surface area (Å²) in [5.41, 5.74) is 2.16. The largest absolute Gasteiger partial charge is 0.467 e. The highest BCUT2D eigenvalue weighted by Crippen LogP contribution is 2.16. The summed E-state index contributed by atoms with van der Waals surface area (Å²) in [5.74, 6) is -0.206. The first-order valence-corrected chi connectivity index (χ1v) is 4.30. The number of hydrogen-bond donors (Lipinski definition) is 0. The van der Waals surface area contributed by atoms with Crippen LogP contribution >= 0.6 is 0 Å². The highest BCUT2D eigenvalue weighted by molar-refractivity contribution is 5.73. The Morgan fingerprint density at radius 3 is 2.23 bits per heavy atom. The second kappa shape index (κ2) is 3.64. The fourth-order valence-electron chi connectivity index (χ4n) is 1.57. The molecule has 1 heterocycles.